The van der Waals surface area contributed by atoms with E-state index in [4.69, 9.17) is 18.9 Å². The molecule has 1 atom stereocenters. The fourth-order valence-corrected chi connectivity index (χ4v) is 5.25. The van der Waals surface area contributed by atoms with Crippen molar-refractivity contribution in [1.82, 2.24) is 19.7 Å². The van der Waals surface area contributed by atoms with E-state index in [2.05, 4.69) is 29.2 Å². The van der Waals surface area contributed by atoms with Crippen LogP contribution in [-0.2, 0) is 25.6 Å². The molecular weight excluding hydrogens is 514 g/mol. The molecule has 2 aliphatic heterocycles. The molecule has 1 aliphatic carbocycles. The fraction of sp³-hybridized carbons (Fsp3) is 0.655. The van der Waals surface area contributed by atoms with Crippen LogP contribution in [0.4, 0.5) is 5.69 Å². The highest BCUT2D eigenvalue weighted by Gasteiger charge is 2.42. The van der Waals surface area contributed by atoms with E-state index in [1.807, 2.05) is 4.90 Å². The Kier molecular flexibility index (Phi) is 10.4. The third-order valence-electron chi connectivity index (χ3n) is 7.70. The van der Waals surface area contributed by atoms with Crippen molar-refractivity contribution in [2.75, 3.05) is 45.8 Å². The van der Waals surface area contributed by atoms with Gasteiger partial charge in [0.1, 0.15) is 18.4 Å². The Bertz CT molecular complexity index is 1080. The van der Waals surface area contributed by atoms with Gasteiger partial charge >= 0.3 is 0 Å². The van der Waals surface area contributed by atoms with Crippen molar-refractivity contribution < 1.29 is 28.5 Å². The van der Waals surface area contributed by atoms with Crippen molar-refractivity contribution in [2.24, 2.45) is 11.3 Å². The molecule has 5 rings (SSSR count). The predicted molar refractivity (Wildman–Crippen MR) is 149 cm³/mol. The first-order valence-electron chi connectivity index (χ1n) is 14.2. The van der Waals surface area contributed by atoms with Gasteiger partial charge in [0, 0.05) is 43.6 Å². The molecule has 1 unspecified atom stereocenters. The zero-order valence-electron chi connectivity index (χ0n) is 24.1. The maximum absolute atomic E-state index is 12.6. The smallest absolute Gasteiger partial charge is 0.253 e. The standard InChI is InChI=1S/C22H34N4O4.C7H9NO2/c1-16-5-7-18(8-6-16)30-15-22(2)13-25(14-22)20(27)12-26-11-17(10-23-26)24-21(28)19-4-3-9-29-19;1-9-6-3-4-8-7(5-6)10-2/h10-11,16,18-19H,3-9,12-15H2,1-2H3,(H,24,28);3-5H,1-2H3. The first-order chi connectivity index (χ1) is 19.3. The predicted octanol–water partition coefficient (Wildman–Crippen LogP) is 3.54. The molecule has 3 aliphatic rings. The number of hydrogen-bond acceptors (Lipinski definition) is 8. The van der Waals surface area contributed by atoms with E-state index >= 15 is 0 Å². The largest absolute Gasteiger partial charge is 0.497 e. The maximum Gasteiger partial charge on any atom is 0.253 e. The summed E-state index contributed by atoms with van der Waals surface area (Å²) in [7, 11) is 3.18. The lowest BCUT2D eigenvalue weighted by Gasteiger charge is -2.48. The van der Waals surface area contributed by atoms with E-state index in [-0.39, 0.29) is 29.9 Å². The normalized spacial score (nSPS) is 23.4. The number of aromatic nitrogens is 3. The second kappa shape index (κ2) is 13.9. The number of nitrogens with one attached hydrogen (secondary N) is 1. The number of anilines is 1. The van der Waals surface area contributed by atoms with Gasteiger partial charge in [-0.3, -0.25) is 14.3 Å². The van der Waals surface area contributed by atoms with Gasteiger partial charge in [0.05, 0.1) is 38.8 Å². The third kappa shape index (κ3) is 8.41. The molecule has 40 heavy (non-hydrogen) atoms. The van der Waals surface area contributed by atoms with Crippen molar-refractivity contribution in [3.8, 4) is 11.6 Å². The van der Waals surface area contributed by atoms with Gasteiger partial charge in [0.15, 0.2) is 0 Å². The van der Waals surface area contributed by atoms with Crippen LogP contribution in [0.2, 0.25) is 0 Å². The average Bonchev–Trinajstić information content (AvgIpc) is 3.64. The Morgan fingerprint density at radius 3 is 2.60 bits per heavy atom. The lowest BCUT2D eigenvalue weighted by Crippen LogP contribution is -2.59. The average molecular weight is 558 g/mol. The Morgan fingerprint density at radius 1 is 1.15 bits per heavy atom. The molecule has 11 heteroatoms. The summed E-state index contributed by atoms with van der Waals surface area (Å²) in [5, 5.41) is 7.02. The maximum atomic E-state index is 12.6. The van der Waals surface area contributed by atoms with E-state index in [0.29, 0.717) is 24.3 Å². The lowest BCUT2D eigenvalue weighted by atomic mass is 9.82. The highest BCUT2D eigenvalue weighted by atomic mass is 16.5. The first kappa shape index (κ1) is 29.8. The van der Waals surface area contributed by atoms with Gasteiger partial charge in [-0.05, 0) is 50.5 Å². The molecule has 1 saturated carbocycles. The zero-order valence-corrected chi connectivity index (χ0v) is 24.1. The molecule has 220 valence electrons. The number of pyridine rings is 1. The summed E-state index contributed by atoms with van der Waals surface area (Å²) in [6, 6.07) is 3.49. The molecule has 0 aromatic carbocycles. The molecule has 1 N–H and O–H groups in total. The molecular formula is C29H43N5O6. The van der Waals surface area contributed by atoms with Gasteiger partial charge in [-0.25, -0.2) is 4.98 Å². The van der Waals surface area contributed by atoms with Crippen LogP contribution in [0.25, 0.3) is 0 Å². The van der Waals surface area contributed by atoms with Crippen LogP contribution in [0, 0.1) is 11.3 Å². The molecule has 2 amide bonds. The van der Waals surface area contributed by atoms with E-state index in [1.54, 1.807) is 49.6 Å². The highest BCUT2D eigenvalue weighted by molar-refractivity contribution is 5.94. The monoisotopic (exact) mass is 557 g/mol. The lowest BCUT2D eigenvalue weighted by molar-refractivity contribution is -0.149. The van der Waals surface area contributed by atoms with E-state index in [9.17, 15) is 9.59 Å². The van der Waals surface area contributed by atoms with Crippen LogP contribution in [0.5, 0.6) is 11.6 Å². The molecule has 11 nitrogen and oxygen atoms in total. The highest BCUT2D eigenvalue weighted by Crippen LogP contribution is 2.33. The Hall–Kier alpha value is -3.18. The fourth-order valence-electron chi connectivity index (χ4n) is 5.25. The number of likely N-dealkylation sites (tertiary alicyclic amines) is 1. The number of carbonyl (C=O) groups is 2. The summed E-state index contributed by atoms with van der Waals surface area (Å²) in [4.78, 5) is 30.5. The van der Waals surface area contributed by atoms with Crippen molar-refractivity contribution in [1.29, 1.82) is 0 Å². The van der Waals surface area contributed by atoms with Crippen molar-refractivity contribution in [3.05, 3.63) is 30.7 Å². The second-order valence-electron chi connectivity index (χ2n) is 11.4. The van der Waals surface area contributed by atoms with Gasteiger partial charge in [0.25, 0.3) is 5.91 Å². The Balaban J connectivity index is 0.000000312. The van der Waals surface area contributed by atoms with Crippen molar-refractivity contribution >= 4 is 17.5 Å². The molecule has 2 aromatic heterocycles. The van der Waals surface area contributed by atoms with E-state index < -0.39 is 0 Å². The Labute approximate surface area is 236 Å². The number of rotatable bonds is 9. The van der Waals surface area contributed by atoms with Crippen LogP contribution in [0.3, 0.4) is 0 Å². The quantitative estimate of drug-likeness (QED) is 0.498. The number of hydrogen-bond donors (Lipinski definition) is 1. The Morgan fingerprint density at radius 2 is 1.93 bits per heavy atom. The summed E-state index contributed by atoms with van der Waals surface area (Å²) in [6.45, 7) is 7.47. The summed E-state index contributed by atoms with van der Waals surface area (Å²) >= 11 is 0. The zero-order chi connectivity index (χ0) is 28.5. The molecule has 2 aromatic rings. The summed E-state index contributed by atoms with van der Waals surface area (Å²) < 4.78 is 22.9. The van der Waals surface area contributed by atoms with Crippen LogP contribution < -0.4 is 14.8 Å². The van der Waals surface area contributed by atoms with Crippen LogP contribution in [-0.4, -0.2) is 84.2 Å². The number of nitrogens with zero attached hydrogens (tertiary/aromatic N) is 4. The van der Waals surface area contributed by atoms with E-state index in [0.717, 1.165) is 57.0 Å². The minimum atomic E-state index is -0.382. The van der Waals surface area contributed by atoms with Gasteiger partial charge in [-0.1, -0.05) is 13.8 Å². The molecule has 3 fully saturated rings. The third-order valence-corrected chi connectivity index (χ3v) is 7.70. The van der Waals surface area contributed by atoms with Crippen LogP contribution in [0.15, 0.2) is 30.7 Å². The SMILES string of the molecule is CC1CCC(OCC2(C)CN(C(=O)Cn3cc(NC(=O)C4CCCO4)cn3)C2)CC1.COc1ccnc(OC)c1. The minimum Gasteiger partial charge on any atom is -0.497 e. The van der Waals surface area contributed by atoms with E-state index in [1.165, 1.54) is 12.8 Å². The molecule has 2 saturated heterocycles. The summed E-state index contributed by atoms with van der Waals surface area (Å²) in [6.07, 6.45) is 11.4. The van der Waals surface area contributed by atoms with Gasteiger partial charge in [0.2, 0.25) is 11.8 Å². The van der Waals surface area contributed by atoms with Gasteiger partial charge in [-0.15, -0.1) is 0 Å². The molecule has 0 bridgehead atoms. The number of ether oxygens (including phenoxy) is 4. The topological polar surface area (TPSA) is 117 Å². The van der Waals surface area contributed by atoms with Crippen LogP contribution >= 0.6 is 0 Å². The van der Waals surface area contributed by atoms with Gasteiger partial charge < -0.3 is 29.2 Å². The molecule has 0 radical (unpaired) electrons. The second-order valence-corrected chi connectivity index (χ2v) is 11.4. The van der Waals surface area contributed by atoms with Gasteiger partial charge in [-0.2, -0.15) is 5.10 Å². The number of amides is 2. The van der Waals surface area contributed by atoms with Crippen molar-refractivity contribution in [2.45, 2.75) is 71.1 Å². The van der Waals surface area contributed by atoms with Crippen molar-refractivity contribution in [3.63, 3.8) is 0 Å². The molecule has 4 heterocycles. The summed E-state index contributed by atoms with van der Waals surface area (Å²) in [5.74, 6) is 2.04. The minimum absolute atomic E-state index is 0.0408. The summed E-state index contributed by atoms with van der Waals surface area (Å²) in [5.41, 5.74) is 0.635. The van der Waals surface area contributed by atoms with Crippen LogP contribution in [0.1, 0.15) is 52.4 Å². The number of methoxy groups -OCH3 is 2. The molecule has 0 spiro atoms. The first-order valence-corrected chi connectivity index (χ1v) is 14.2. The number of carbonyl (C=O) groups excluding carboxylic acids is 2.